The number of Topliss-reactive ketones (excluding diaryl/α,β-unsaturated/α-hetero) is 1. The van der Waals surface area contributed by atoms with Gasteiger partial charge in [0.2, 0.25) is 0 Å². The summed E-state index contributed by atoms with van der Waals surface area (Å²) < 4.78 is 30.5. The summed E-state index contributed by atoms with van der Waals surface area (Å²) in [6.07, 6.45) is 0.0782. The Bertz CT molecular complexity index is 1340. The van der Waals surface area contributed by atoms with E-state index in [1.54, 1.807) is 50.2 Å². The molecule has 0 spiro atoms. The van der Waals surface area contributed by atoms with E-state index < -0.39 is 17.2 Å². The number of fused-ring (bicyclic) bond motifs is 1. The van der Waals surface area contributed by atoms with Crippen molar-refractivity contribution in [1.82, 2.24) is 4.98 Å². The van der Waals surface area contributed by atoms with E-state index in [-0.39, 0.29) is 37.7 Å². The number of aromatic nitrogens is 1. The smallest absolute Gasteiger partial charge is 0.163 e. The Morgan fingerprint density at radius 3 is 2.59 bits per heavy atom. The van der Waals surface area contributed by atoms with Gasteiger partial charge in [0, 0.05) is 23.1 Å². The van der Waals surface area contributed by atoms with Crippen LogP contribution >= 0.6 is 0 Å². The lowest BCUT2D eigenvalue weighted by atomic mass is 9.86. The Hall–Kier alpha value is -3.53. The Morgan fingerprint density at radius 2 is 1.95 bits per heavy atom. The molecule has 0 saturated carbocycles. The maximum Gasteiger partial charge on any atom is 0.163 e. The number of nitrogens with zero attached hydrogens (tertiary/aromatic N) is 1. The van der Waals surface area contributed by atoms with Gasteiger partial charge in [-0.3, -0.25) is 4.79 Å². The van der Waals surface area contributed by atoms with Gasteiger partial charge < -0.3 is 30.2 Å². The molecule has 0 unspecified atom stereocenters. The maximum absolute atomic E-state index is 13.6. The average molecular weight is 539 g/mol. The van der Waals surface area contributed by atoms with Crippen molar-refractivity contribution in [3.63, 3.8) is 0 Å². The average Bonchev–Trinajstić information content (AvgIpc) is 3.27. The van der Waals surface area contributed by atoms with Gasteiger partial charge in [-0.2, -0.15) is 0 Å². The highest BCUT2D eigenvalue weighted by molar-refractivity contribution is 5.96. The first-order valence-corrected chi connectivity index (χ1v) is 13.0. The zero-order chi connectivity index (χ0) is 28.4. The first kappa shape index (κ1) is 28.5. The van der Waals surface area contributed by atoms with Crippen LogP contribution in [0.1, 0.15) is 61.6 Å². The van der Waals surface area contributed by atoms with Crippen LogP contribution in [0.3, 0.4) is 0 Å². The van der Waals surface area contributed by atoms with Crippen molar-refractivity contribution in [3.8, 4) is 28.5 Å². The monoisotopic (exact) mass is 538 g/mol. The molecule has 8 nitrogen and oxygen atoms in total. The van der Waals surface area contributed by atoms with E-state index in [4.69, 9.17) is 24.9 Å². The Morgan fingerprint density at radius 1 is 1.23 bits per heavy atom. The predicted octanol–water partition coefficient (Wildman–Crippen LogP) is 4.48. The van der Waals surface area contributed by atoms with Crippen molar-refractivity contribution >= 4 is 5.78 Å². The topological polar surface area (TPSA) is 124 Å². The van der Waals surface area contributed by atoms with E-state index in [1.165, 1.54) is 19.2 Å². The lowest BCUT2D eigenvalue weighted by molar-refractivity contribution is 0.0396. The summed E-state index contributed by atoms with van der Waals surface area (Å²) in [5.41, 5.74) is 6.98. The number of pyridine rings is 1. The molecule has 1 aromatic heterocycles. The molecule has 4 rings (SSSR count). The molecule has 9 heteroatoms. The molecule has 1 aliphatic rings. The minimum absolute atomic E-state index is 0.0344. The molecule has 0 fully saturated rings. The first-order chi connectivity index (χ1) is 18.5. The number of aliphatic hydroxyl groups excluding tert-OH is 1. The van der Waals surface area contributed by atoms with Crippen LogP contribution < -0.4 is 19.9 Å². The fourth-order valence-electron chi connectivity index (χ4n) is 4.50. The zero-order valence-corrected chi connectivity index (χ0v) is 22.7. The number of ketones is 1. The molecule has 0 amide bonds. The molecule has 0 bridgehead atoms. The van der Waals surface area contributed by atoms with E-state index in [0.717, 1.165) is 5.56 Å². The standard InChI is InChI=1S/C30H35FN2O6/c1-5-30(32)17-39-28-22(30)15-26(33-27(28)19-6-9-21(31)10-7-19)29(3,36)13-12-23(35)20-8-11-24(25(14-20)37-4)38-16-18(2)34/h6-11,14-15,18,34,36H,5,12-13,16-17,32H2,1-4H3/t18-,29-,30-/m1/s1. The molecule has 0 radical (unpaired) electrons. The van der Waals surface area contributed by atoms with Crippen LogP contribution in [0.25, 0.3) is 11.3 Å². The molecule has 4 N–H and O–H groups in total. The van der Waals surface area contributed by atoms with E-state index in [0.29, 0.717) is 46.2 Å². The normalized spacial score (nSPS) is 18.6. The minimum Gasteiger partial charge on any atom is -0.493 e. The van der Waals surface area contributed by atoms with Crippen LogP contribution in [-0.4, -0.2) is 47.4 Å². The van der Waals surface area contributed by atoms with Gasteiger partial charge in [-0.15, -0.1) is 0 Å². The molecule has 3 aromatic rings. The third kappa shape index (κ3) is 6.06. The highest BCUT2D eigenvalue weighted by Crippen LogP contribution is 2.45. The van der Waals surface area contributed by atoms with Gasteiger partial charge in [0.1, 0.15) is 30.3 Å². The van der Waals surface area contributed by atoms with Crippen molar-refractivity contribution in [3.05, 3.63) is 71.2 Å². The van der Waals surface area contributed by atoms with Gasteiger partial charge in [-0.05, 0) is 75.2 Å². The van der Waals surface area contributed by atoms with Crippen molar-refractivity contribution in [1.29, 1.82) is 0 Å². The number of methoxy groups -OCH3 is 1. The van der Waals surface area contributed by atoms with Crippen LogP contribution in [0.2, 0.25) is 0 Å². The molecule has 0 saturated heterocycles. The number of hydrogen-bond acceptors (Lipinski definition) is 8. The number of carbonyl (C=O) groups is 1. The predicted molar refractivity (Wildman–Crippen MR) is 145 cm³/mol. The van der Waals surface area contributed by atoms with Crippen molar-refractivity contribution < 1.29 is 33.6 Å². The van der Waals surface area contributed by atoms with Gasteiger partial charge in [0.05, 0.1) is 24.4 Å². The van der Waals surface area contributed by atoms with Crippen molar-refractivity contribution in [2.45, 2.75) is 57.3 Å². The van der Waals surface area contributed by atoms with Crippen LogP contribution in [-0.2, 0) is 11.1 Å². The van der Waals surface area contributed by atoms with E-state index in [2.05, 4.69) is 0 Å². The van der Waals surface area contributed by atoms with Crippen molar-refractivity contribution in [2.24, 2.45) is 5.73 Å². The summed E-state index contributed by atoms with van der Waals surface area (Å²) in [7, 11) is 1.47. The number of aliphatic hydroxyl groups is 2. The van der Waals surface area contributed by atoms with Gasteiger partial charge >= 0.3 is 0 Å². The van der Waals surface area contributed by atoms with Crippen LogP contribution in [0, 0.1) is 5.82 Å². The molecular formula is C30H35FN2O6. The lowest BCUT2D eigenvalue weighted by Crippen LogP contribution is -2.37. The number of nitrogens with two attached hydrogens (primary N) is 1. The largest absolute Gasteiger partial charge is 0.493 e. The highest BCUT2D eigenvalue weighted by Gasteiger charge is 2.40. The molecular weight excluding hydrogens is 503 g/mol. The number of ether oxygens (including phenoxy) is 3. The van der Waals surface area contributed by atoms with E-state index in [1.807, 2.05) is 6.92 Å². The molecule has 0 aliphatic carbocycles. The summed E-state index contributed by atoms with van der Waals surface area (Å²) in [4.78, 5) is 17.8. The quantitative estimate of drug-likeness (QED) is 0.305. The third-order valence-electron chi connectivity index (χ3n) is 7.09. The second-order valence-electron chi connectivity index (χ2n) is 10.3. The number of rotatable bonds is 11. The second-order valence-corrected chi connectivity index (χ2v) is 10.3. The molecule has 2 heterocycles. The second kappa shape index (κ2) is 11.3. The summed E-state index contributed by atoms with van der Waals surface area (Å²) in [5, 5.41) is 21.0. The zero-order valence-electron chi connectivity index (χ0n) is 22.7. The summed E-state index contributed by atoms with van der Waals surface area (Å²) in [5.74, 6) is 0.739. The highest BCUT2D eigenvalue weighted by atomic mass is 19.1. The van der Waals surface area contributed by atoms with E-state index >= 15 is 0 Å². The third-order valence-corrected chi connectivity index (χ3v) is 7.09. The summed E-state index contributed by atoms with van der Waals surface area (Å²) >= 11 is 0. The number of benzene rings is 2. The molecule has 1 aliphatic heterocycles. The van der Waals surface area contributed by atoms with Gasteiger partial charge in [0.25, 0.3) is 0 Å². The summed E-state index contributed by atoms with van der Waals surface area (Å²) in [6, 6.07) is 12.5. The van der Waals surface area contributed by atoms with Gasteiger partial charge in [-0.1, -0.05) is 6.92 Å². The maximum atomic E-state index is 13.6. The molecule has 208 valence electrons. The minimum atomic E-state index is -1.47. The Kier molecular flexibility index (Phi) is 8.25. The molecule has 2 aromatic carbocycles. The Labute approximate surface area is 227 Å². The fraction of sp³-hybridized carbons (Fsp3) is 0.400. The molecule has 3 atom stereocenters. The van der Waals surface area contributed by atoms with Gasteiger partial charge in [0.15, 0.2) is 23.0 Å². The fourth-order valence-corrected chi connectivity index (χ4v) is 4.50. The van der Waals surface area contributed by atoms with Gasteiger partial charge in [-0.25, -0.2) is 9.37 Å². The van der Waals surface area contributed by atoms with Crippen LogP contribution in [0.4, 0.5) is 4.39 Å². The number of hydrogen-bond donors (Lipinski definition) is 3. The van der Waals surface area contributed by atoms with Crippen LogP contribution in [0.5, 0.6) is 17.2 Å². The van der Waals surface area contributed by atoms with Crippen molar-refractivity contribution in [2.75, 3.05) is 20.3 Å². The number of carbonyl (C=O) groups excluding carboxylic acids is 1. The first-order valence-electron chi connectivity index (χ1n) is 13.0. The van der Waals surface area contributed by atoms with E-state index in [9.17, 15) is 19.4 Å². The molecule has 39 heavy (non-hydrogen) atoms. The lowest BCUT2D eigenvalue weighted by Gasteiger charge is -2.26. The number of halogens is 1. The Balaban J connectivity index is 1.60. The SMILES string of the molecule is CC[C@@]1(N)COc2c1cc([C@](C)(O)CCC(=O)c1ccc(OC[C@@H](C)O)c(OC)c1)nc2-c1ccc(F)cc1. The summed E-state index contributed by atoms with van der Waals surface area (Å²) in [6.45, 7) is 5.53. The van der Waals surface area contributed by atoms with Crippen LogP contribution in [0.15, 0.2) is 48.5 Å².